The molecule has 3 aromatic carbocycles. The standard InChI is InChI=1S/C27H28N2O2S/c1-22-15-17-25(18-16-22)32(30,31)26(29-19-9-4-10-20-29)27(21-28,23-11-5-2-6-12-23)24-13-7-3-8-14-24/h2-3,5-8,11-18,26H,4,9-10,19-20H2,1H3. The molecule has 0 radical (unpaired) electrons. The Morgan fingerprint density at radius 3 is 1.78 bits per heavy atom. The van der Waals surface area contributed by atoms with Gasteiger partial charge in [0.2, 0.25) is 0 Å². The van der Waals surface area contributed by atoms with Crippen LogP contribution in [0.2, 0.25) is 0 Å². The minimum absolute atomic E-state index is 0.255. The van der Waals surface area contributed by atoms with Crippen molar-refractivity contribution >= 4 is 9.84 Å². The summed E-state index contributed by atoms with van der Waals surface area (Å²) in [5.74, 6) is 0. The minimum Gasteiger partial charge on any atom is -0.285 e. The Labute approximate surface area is 191 Å². The predicted molar refractivity (Wildman–Crippen MR) is 127 cm³/mol. The number of rotatable bonds is 6. The zero-order valence-electron chi connectivity index (χ0n) is 18.3. The number of hydrogen-bond acceptors (Lipinski definition) is 4. The maximum atomic E-state index is 14.3. The lowest BCUT2D eigenvalue weighted by Crippen LogP contribution is -2.56. The quantitative estimate of drug-likeness (QED) is 0.531. The van der Waals surface area contributed by atoms with Crippen LogP contribution in [0.25, 0.3) is 0 Å². The Kier molecular flexibility index (Phi) is 6.45. The van der Waals surface area contributed by atoms with Gasteiger partial charge in [0.25, 0.3) is 0 Å². The van der Waals surface area contributed by atoms with E-state index >= 15 is 0 Å². The van der Waals surface area contributed by atoms with Crippen LogP contribution in [0.3, 0.4) is 0 Å². The third kappa shape index (κ3) is 3.97. The van der Waals surface area contributed by atoms with Crippen LogP contribution in [0, 0.1) is 18.3 Å². The van der Waals surface area contributed by atoms with Gasteiger partial charge in [-0.05, 0) is 56.1 Å². The monoisotopic (exact) mass is 444 g/mol. The minimum atomic E-state index is -3.88. The van der Waals surface area contributed by atoms with E-state index in [0.29, 0.717) is 24.2 Å². The van der Waals surface area contributed by atoms with Gasteiger partial charge < -0.3 is 0 Å². The summed E-state index contributed by atoms with van der Waals surface area (Å²) in [6, 6.07) is 28.2. The van der Waals surface area contributed by atoms with Crippen LogP contribution in [0.15, 0.2) is 89.8 Å². The number of aryl methyl sites for hydroxylation is 1. The van der Waals surface area contributed by atoms with E-state index in [4.69, 9.17) is 0 Å². The van der Waals surface area contributed by atoms with E-state index in [1.54, 1.807) is 12.1 Å². The maximum absolute atomic E-state index is 14.3. The third-order valence-electron chi connectivity index (χ3n) is 6.37. The predicted octanol–water partition coefficient (Wildman–Crippen LogP) is 5.09. The molecule has 0 aromatic heterocycles. The van der Waals surface area contributed by atoms with Gasteiger partial charge in [-0.15, -0.1) is 0 Å². The molecular weight excluding hydrogens is 416 g/mol. The van der Waals surface area contributed by atoms with E-state index in [0.717, 1.165) is 24.8 Å². The van der Waals surface area contributed by atoms with Gasteiger partial charge in [0.1, 0.15) is 10.8 Å². The van der Waals surface area contributed by atoms with Crippen LogP contribution in [0.4, 0.5) is 0 Å². The van der Waals surface area contributed by atoms with Gasteiger partial charge in [-0.25, -0.2) is 8.42 Å². The summed E-state index contributed by atoms with van der Waals surface area (Å²) in [6.45, 7) is 3.24. The van der Waals surface area contributed by atoms with E-state index in [2.05, 4.69) is 6.07 Å². The lowest BCUT2D eigenvalue weighted by Gasteiger charge is -2.43. The summed E-state index contributed by atoms with van der Waals surface area (Å²) in [5.41, 5.74) is 1.01. The Bertz CT molecular complexity index is 1140. The van der Waals surface area contributed by atoms with Gasteiger partial charge in [0, 0.05) is 0 Å². The molecule has 1 unspecified atom stereocenters. The lowest BCUT2D eigenvalue weighted by atomic mass is 9.74. The number of nitrogens with zero attached hydrogens (tertiary/aromatic N) is 2. The fourth-order valence-electron chi connectivity index (χ4n) is 4.75. The smallest absolute Gasteiger partial charge is 0.196 e. The Morgan fingerprint density at radius 2 is 1.31 bits per heavy atom. The van der Waals surface area contributed by atoms with Crippen LogP contribution >= 0.6 is 0 Å². The first-order chi connectivity index (χ1) is 15.5. The first-order valence-corrected chi connectivity index (χ1v) is 12.6. The number of sulfone groups is 1. The van der Waals surface area contributed by atoms with Crippen LogP contribution in [0.5, 0.6) is 0 Å². The Balaban J connectivity index is 2.02. The molecule has 0 amide bonds. The zero-order chi connectivity index (χ0) is 22.6. The highest BCUT2D eigenvalue weighted by Crippen LogP contribution is 2.43. The van der Waals surface area contributed by atoms with E-state index in [9.17, 15) is 13.7 Å². The topological polar surface area (TPSA) is 61.2 Å². The summed E-state index contributed by atoms with van der Waals surface area (Å²) in [4.78, 5) is 2.27. The summed E-state index contributed by atoms with van der Waals surface area (Å²) >= 11 is 0. The fraction of sp³-hybridized carbons (Fsp3) is 0.296. The number of nitriles is 1. The van der Waals surface area contributed by atoms with Crippen molar-refractivity contribution in [2.45, 2.75) is 41.9 Å². The molecule has 1 heterocycles. The first-order valence-electron chi connectivity index (χ1n) is 11.1. The average molecular weight is 445 g/mol. The van der Waals surface area contributed by atoms with Gasteiger partial charge in [0.15, 0.2) is 9.84 Å². The highest BCUT2D eigenvalue weighted by Gasteiger charge is 2.53. The van der Waals surface area contributed by atoms with Crippen molar-refractivity contribution in [3.05, 3.63) is 102 Å². The van der Waals surface area contributed by atoms with E-state index in [-0.39, 0.29) is 4.90 Å². The average Bonchev–Trinajstić information content (AvgIpc) is 2.84. The molecule has 3 aromatic rings. The van der Waals surface area contributed by atoms with Crippen LogP contribution in [-0.4, -0.2) is 31.8 Å². The van der Waals surface area contributed by atoms with Crippen LogP contribution in [-0.2, 0) is 15.3 Å². The molecule has 1 atom stereocenters. The first kappa shape index (κ1) is 22.3. The Hall–Kier alpha value is -2.94. The summed E-state index contributed by atoms with van der Waals surface area (Å²) in [6.07, 6.45) is 2.92. The van der Waals surface area contributed by atoms with Crippen molar-refractivity contribution < 1.29 is 8.42 Å². The molecule has 4 rings (SSSR count). The van der Waals surface area contributed by atoms with Crippen molar-refractivity contribution in [3.8, 4) is 6.07 Å². The maximum Gasteiger partial charge on any atom is 0.196 e. The van der Waals surface area contributed by atoms with E-state index in [1.165, 1.54) is 0 Å². The normalized spacial score (nSPS) is 16.2. The molecule has 0 bridgehead atoms. The third-order valence-corrected chi connectivity index (χ3v) is 8.54. The van der Waals surface area contributed by atoms with Crippen molar-refractivity contribution in [1.29, 1.82) is 5.26 Å². The summed E-state index contributed by atoms with van der Waals surface area (Å²) < 4.78 is 28.6. The largest absolute Gasteiger partial charge is 0.285 e. The molecule has 1 saturated heterocycles. The lowest BCUT2D eigenvalue weighted by molar-refractivity contribution is 0.178. The fourth-order valence-corrected chi connectivity index (χ4v) is 6.92. The second-order valence-corrected chi connectivity index (χ2v) is 10.5. The van der Waals surface area contributed by atoms with Crippen LogP contribution in [0.1, 0.15) is 36.0 Å². The second-order valence-electron chi connectivity index (χ2n) is 8.46. The van der Waals surface area contributed by atoms with E-state index in [1.807, 2.05) is 84.6 Å². The van der Waals surface area contributed by atoms with Crippen molar-refractivity contribution in [2.24, 2.45) is 0 Å². The molecule has 0 N–H and O–H groups in total. The van der Waals surface area contributed by atoms with Gasteiger partial charge >= 0.3 is 0 Å². The SMILES string of the molecule is Cc1ccc(S(=O)(=O)C(N2CCCCC2)C(C#N)(c2ccccc2)c2ccccc2)cc1. The van der Waals surface area contributed by atoms with E-state index < -0.39 is 20.6 Å². The molecule has 1 fully saturated rings. The van der Waals surface area contributed by atoms with Gasteiger partial charge in [-0.3, -0.25) is 4.90 Å². The summed E-state index contributed by atoms with van der Waals surface area (Å²) in [7, 11) is -3.88. The molecule has 0 saturated carbocycles. The number of likely N-dealkylation sites (tertiary alicyclic amines) is 1. The number of hydrogen-bond donors (Lipinski definition) is 0. The molecule has 1 aliphatic heterocycles. The zero-order valence-corrected chi connectivity index (χ0v) is 19.1. The molecular formula is C27H28N2O2S. The molecule has 0 spiro atoms. The van der Waals surface area contributed by atoms with Gasteiger partial charge in [-0.1, -0.05) is 84.8 Å². The molecule has 4 nitrogen and oxygen atoms in total. The molecule has 1 aliphatic rings. The second kappa shape index (κ2) is 9.28. The molecule has 0 aliphatic carbocycles. The van der Waals surface area contributed by atoms with Crippen LogP contribution < -0.4 is 0 Å². The van der Waals surface area contributed by atoms with Crippen molar-refractivity contribution in [1.82, 2.24) is 4.90 Å². The van der Waals surface area contributed by atoms with Gasteiger partial charge in [0.05, 0.1) is 11.0 Å². The number of benzene rings is 3. The number of piperidine rings is 1. The van der Waals surface area contributed by atoms with Gasteiger partial charge in [-0.2, -0.15) is 5.26 Å². The highest BCUT2D eigenvalue weighted by molar-refractivity contribution is 7.92. The highest BCUT2D eigenvalue weighted by atomic mass is 32.2. The Morgan fingerprint density at radius 1 is 0.812 bits per heavy atom. The molecule has 5 heteroatoms. The molecule has 164 valence electrons. The van der Waals surface area contributed by atoms with Crippen molar-refractivity contribution in [2.75, 3.05) is 13.1 Å². The van der Waals surface area contributed by atoms with Crippen molar-refractivity contribution in [3.63, 3.8) is 0 Å². The summed E-state index contributed by atoms with van der Waals surface area (Å²) in [5, 5.41) is 9.76. The molecule has 32 heavy (non-hydrogen) atoms.